The second-order valence-electron chi connectivity index (χ2n) is 3.71. The van der Waals surface area contributed by atoms with E-state index in [0.29, 0.717) is 4.90 Å². The van der Waals surface area contributed by atoms with Crippen LogP contribution in [0.25, 0.3) is 0 Å². The molecule has 0 aromatic carbocycles. The first-order valence-corrected chi connectivity index (χ1v) is 4.89. The van der Waals surface area contributed by atoms with Crippen molar-refractivity contribution in [1.29, 1.82) is 0 Å². The molecular weight excluding hydrogens is 227 g/mol. The van der Waals surface area contributed by atoms with Crippen molar-refractivity contribution in [2.45, 2.75) is 32.0 Å². The van der Waals surface area contributed by atoms with Crippen molar-refractivity contribution in [2.24, 2.45) is 5.92 Å². The summed E-state index contributed by atoms with van der Waals surface area (Å²) in [6, 6.07) is -0.855. The molecule has 0 radical (unpaired) electrons. The summed E-state index contributed by atoms with van der Waals surface area (Å²) in [5.41, 5.74) is 0. The highest BCUT2D eigenvalue weighted by atomic mass is 19.4. The number of aliphatic carboxylic acids is 1. The van der Waals surface area contributed by atoms with Crippen LogP contribution in [0.2, 0.25) is 0 Å². The quantitative estimate of drug-likeness (QED) is 0.789. The van der Waals surface area contributed by atoms with Crippen LogP contribution in [0.4, 0.5) is 13.2 Å². The number of carbonyl (C=O) groups is 2. The lowest BCUT2D eigenvalue weighted by atomic mass is 9.98. The minimum Gasteiger partial charge on any atom is -0.481 e. The summed E-state index contributed by atoms with van der Waals surface area (Å²) in [6.07, 6.45) is -4.64. The minimum atomic E-state index is -4.93. The fourth-order valence-corrected chi connectivity index (χ4v) is 2.06. The zero-order valence-corrected chi connectivity index (χ0v) is 8.62. The van der Waals surface area contributed by atoms with Crippen molar-refractivity contribution in [3.63, 3.8) is 0 Å². The van der Waals surface area contributed by atoms with Crippen LogP contribution >= 0.6 is 0 Å². The predicted octanol–water partition coefficient (Wildman–Crippen LogP) is 1.26. The standard InChI is InChI=1S/C9H12F3NO3/c1-2-6-5(7(14)15)3-4-13(6)8(16)9(10,11)12/h5-6H,2-4H2,1H3,(H,14,15). The van der Waals surface area contributed by atoms with Crippen LogP contribution in [0, 0.1) is 5.92 Å². The predicted molar refractivity (Wildman–Crippen MR) is 47.6 cm³/mol. The summed E-state index contributed by atoms with van der Waals surface area (Å²) in [5, 5.41) is 8.80. The Labute approximate surface area is 90.0 Å². The van der Waals surface area contributed by atoms with Crippen molar-refractivity contribution < 1.29 is 27.9 Å². The molecule has 0 saturated carbocycles. The van der Waals surface area contributed by atoms with Gasteiger partial charge < -0.3 is 10.0 Å². The van der Waals surface area contributed by atoms with Crippen LogP contribution in [0.5, 0.6) is 0 Å². The van der Waals surface area contributed by atoms with E-state index in [9.17, 15) is 22.8 Å². The highest BCUT2D eigenvalue weighted by molar-refractivity contribution is 5.84. The summed E-state index contributed by atoms with van der Waals surface area (Å²) < 4.78 is 36.6. The molecular formula is C9H12F3NO3. The summed E-state index contributed by atoms with van der Waals surface area (Å²) in [4.78, 5) is 22.4. The third-order valence-corrected chi connectivity index (χ3v) is 2.78. The number of nitrogens with zero attached hydrogens (tertiary/aromatic N) is 1. The van der Waals surface area contributed by atoms with E-state index in [0.717, 1.165) is 0 Å². The van der Waals surface area contributed by atoms with Crippen molar-refractivity contribution in [3.8, 4) is 0 Å². The Hall–Kier alpha value is -1.27. The van der Waals surface area contributed by atoms with Gasteiger partial charge >= 0.3 is 18.1 Å². The number of alkyl halides is 3. The number of hydrogen-bond donors (Lipinski definition) is 1. The lowest BCUT2D eigenvalue weighted by molar-refractivity contribution is -0.186. The van der Waals surface area contributed by atoms with Crippen LogP contribution < -0.4 is 0 Å². The first kappa shape index (κ1) is 12.8. The molecule has 1 heterocycles. The molecule has 0 aromatic rings. The molecule has 0 spiro atoms. The molecule has 1 fully saturated rings. The van der Waals surface area contributed by atoms with Gasteiger partial charge in [0, 0.05) is 12.6 Å². The van der Waals surface area contributed by atoms with Crippen LogP contribution in [0.3, 0.4) is 0 Å². The molecule has 16 heavy (non-hydrogen) atoms. The number of carboxylic acid groups (broad SMARTS) is 1. The smallest absolute Gasteiger partial charge is 0.471 e. The van der Waals surface area contributed by atoms with Gasteiger partial charge in [0.15, 0.2) is 0 Å². The van der Waals surface area contributed by atoms with E-state index in [-0.39, 0.29) is 19.4 Å². The summed E-state index contributed by atoms with van der Waals surface area (Å²) >= 11 is 0. The Morgan fingerprint density at radius 2 is 2.00 bits per heavy atom. The first-order chi connectivity index (χ1) is 7.29. The van der Waals surface area contributed by atoms with Gasteiger partial charge in [0.2, 0.25) is 0 Å². The van der Waals surface area contributed by atoms with Crippen LogP contribution in [0.1, 0.15) is 19.8 Å². The Balaban J connectivity index is 2.84. The van der Waals surface area contributed by atoms with Crippen molar-refractivity contribution in [1.82, 2.24) is 4.90 Å². The Kier molecular flexibility index (Phi) is 3.44. The Morgan fingerprint density at radius 3 is 2.38 bits per heavy atom. The minimum absolute atomic E-state index is 0.0790. The zero-order valence-electron chi connectivity index (χ0n) is 8.62. The number of amides is 1. The maximum absolute atomic E-state index is 12.2. The second kappa shape index (κ2) is 4.31. The van der Waals surface area contributed by atoms with E-state index in [1.807, 2.05) is 0 Å². The van der Waals surface area contributed by atoms with Gasteiger partial charge in [-0.05, 0) is 12.8 Å². The molecule has 92 valence electrons. The highest BCUT2D eigenvalue weighted by Crippen LogP contribution is 2.31. The molecule has 0 aromatic heterocycles. The van der Waals surface area contributed by atoms with E-state index in [2.05, 4.69) is 0 Å². The molecule has 4 nitrogen and oxygen atoms in total. The average Bonchev–Trinajstić information content (AvgIpc) is 2.57. The molecule has 0 bridgehead atoms. The summed E-state index contributed by atoms with van der Waals surface area (Å²) in [7, 11) is 0. The third-order valence-electron chi connectivity index (χ3n) is 2.78. The lowest BCUT2D eigenvalue weighted by Crippen LogP contribution is -2.45. The van der Waals surface area contributed by atoms with Gasteiger partial charge in [0.1, 0.15) is 0 Å². The van der Waals surface area contributed by atoms with E-state index < -0.39 is 30.0 Å². The molecule has 0 aliphatic carbocycles. The van der Waals surface area contributed by atoms with Gasteiger partial charge in [-0.1, -0.05) is 6.92 Å². The first-order valence-electron chi connectivity index (χ1n) is 4.89. The number of rotatable bonds is 2. The number of likely N-dealkylation sites (tertiary alicyclic amines) is 1. The molecule has 7 heteroatoms. The molecule has 1 N–H and O–H groups in total. The maximum atomic E-state index is 12.2. The van der Waals surface area contributed by atoms with E-state index in [4.69, 9.17) is 5.11 Å². The Morgan fingerprint density at radius 1 is 1.44 bits per heavy atom. The molecule has 2 unspecified atom stereocenters. The molecule has 1 amide bonds. The van der Waals surface area contributed by atoms with E-state index in [1.54, 1.807) is 6.92 Å². The van der Waals surface area contributed by atoms with Crippen LogP contribution in [0.15, 0.2) is 0 Å². The molecule has 1 aliphatic rings. The van der Waals surface area contributed by atoms with Gasteiger partial charge in [-0.15, -0.1) is 0 Å². The molecule has 2 atom stereocenters. The molecule has 1 aliphatic heterocycles. The number of hydrogen-bond acceptors (Lipinski definition) is 2. The topological polar surface area (TPSA) is 57.6 Å². The summed E-state index contributed by atoms with van der Waals surface area (Å²) in [6.45, 7) is 1.43. The third kappa shape index (κ3) is 2.28. The zero-order chi connectivity index (χ0) is 12.5. The fourth-order valence-electron chi connectivity index (χ4n) is 2.06. The van der Waals surface area contributed by atoms with Crippen LogP contribution in [-0.2, 0) is 9.59 Å². The van der Waals surface area contributed by atoms with E-state index >= 15 is 0 Å². The number of halogens is 3. The number of carbonyl (C=O) groups excluding carboxylic acids is 1. The van der Waals surface area contributed by atoms with Crippen molar-refractivity contribution in [2.75, 3.05) is 6.54 Å². The maximum Gasteiger partial charge on any atom is 0.471 e. The number of carboxylic acids is 1. The fraction of sp³-hybridized carbons (Fsp3) is 0.778. The van der Waals surface area contributed by atoms with Gasteiger partial charge in [0.05, 0.1) is 5.92 Å². The van der Waals surface area contributed by atoms with E-state index in [1.165, 1.54) is 0 Å². The molecule has 1 saturated heterocycles. The molecule has 1 rings (SSSR count). The highest BCUT2D eigenvalue weighted by Gasteiger charge is 2.49. The van der Waals surface area contributed by atoms with Crippen molar-refractivity contribution in [3.05, 3.63) is 0 Å². The second-order valence-corrected chi connectivity index (χ2v) is 3.71. The van der Waals surface area contributed by atoms with Crippen molar-refractivity contribution >= 4 is 11.9 Å². The van der Waals surface area contributed by atoms with Gasteiger partial charge in [0.25, 0.3) is 0 Å². The van der Waals surface area contributed by atoms with Gasteiger partial charge in [-0.3, -0.25) is 9.59 Å². The normalized spacial score (nSPS) is 25.9. The average molecular weight is 239 g/mol. The SMILES string of the molecule is CCC1C(C(=O)O)CCN1C(=O)C(F)(F)F. The Bertz CT molecular complexity index is 303. The summed E-state index contributed by atoms with van der Waals surface area (Å²) in [5.74, 6) is -3.98. The largest absolute Gasteiger partial charge is 0.481 e. The van der Waals surface area contributed by atoms with Gasteiger partial charge in [-0.2, -0.15) is 13.2 Å². The monoisotopic (exact) mass is 239 g/mol. The van der Waals surface area contributed by atoms with Gasteiger partial charge in [-0.25, -0.2) is 0 Å². The lowest BCUT2D eigenvalue weighted by Gasteiger charge is -2.26. The van der Waals surface area contributed by atoms with Crippen LogP contribution in [-0.4, -0.2) is 40.6 Å².